The van der Waals surface area contributed by atoms with E-state index in [0.717, 1.165) is 0 Å². The van der Waals surface area contributed by atoms with Crippen molar-refractivity contribution >= 4 is 35.0 Å². The van der Waals surface area contributed by atoms with Crippen LogP contribution in [0.1, 0.15) is 80.3 Å². The topological polar surface area (TPSA) is 201 Å². The van der Waals surface area contributed by atoms with E-state index in [2.05, 4.69) is 10.6 Å². The lowest BCUT2D eigenvalue weighted by Gasteiger charge is -2.39. The molecule has 0 saturated carbocycles. The SMILES string of the molecule is CC[C@@]1(O)C(=O)OCc2c1cc1n(c2=O)Cc2c-1nc1cc(F)c(C)c3c1c2[C@](CCNC(=O)CNC(=O)OC(C)(C)C)(OC(N)=O)CC3. The van der Waals surface area contributed by atoms with E-state index >= 15 is 4.39 Å². The Kier molecular flexibility index (Phi) is 8.17. The van der Waals surface area contributed by atoms with Gasteiger partial charge in [0.05, 0.1) is 35.6 Å². The second-order valence-electron chi connectivity index (χ2n) is 13.6. The Balaban J connectivity index is 1.45. The zero-order valence-electron chi connectivity index (χ0n) is 27.9. The van der Waals surface area contributed by atoms with Crippen molar-refractivity contribution in [3.8, 4) is 11.4 Å². The number of amides is 3. The number of aryl methyl sites for hydroxylation is 1. The van der Waals surface area contributed by atoms with E-state index in [0.29, 0.717) is 45.4 Å². The molecular formula is C34H38FN5O9. The van der Waals surface area contributed by atoms with Crippen LogP contribution in [0.5, 0.6) is 0 Å². The molecule has 0 radical (unpaired) electrons. The van der Waals surface area contributed by atoms with E-state index in [-0.39, 0.29) is 62.1 Å². The van der Waals surface area contributed by atoms with Gasteiger partial charge in [-0.25, -0.2) is 23.8 Å². The molecular weight excluding hydrogens is 641 g/mol. The molecule has 0 spiro atoms. The second kappa shape index (κ2) is 11.8. The van der Waals surface area contributed by atoms with Gasteiger partial charge in [0.2, 0.25) is 5.91 Å². The number of fused-ring (bicyclic) bond motifs is 5. The van der Waals surface area contributed by atoms with Crippen molar-refractivity contribution in [3.05, 3.63) is 61.7 Å². The number of alkyl carbamates (subject to hydrolysis) is 1. The molecule has 0 bridgehead atoms. The monoisotopic (exact) mass is 679 g/mol. The number of benzene rings is 1. The van der Waals surface area contributed by atoms with Gasteiger partial charge in [-0.05, 0) is 64.2 Å². The van der Waals surface area contributed by atoms with Gasteiger partial charge in [0, 0.05) is 41.1 Å². The number of primary amides is 1. The van der Waals surface area contributed by atoms with Gasteiger partial charge in [-0.2, -0.15) is 0 Å². The van der Waals surface area contributed by atoms with Crippen LogP contribution >= 0.6 is 0 Å². The molecule has 4 heterocycles. The van der Waals surface area contributed by atoms with Crippen LogP contribution in [0.15, 0.2) is 16.9 Å². The summed E-state index contributed by atoms with van der Waals surface area (Å²) in [6.45, 7) is 7.61. The Bertz CT molecular complexity index is 2020. The Morgan fingerprint density at radius 2 is 1.90 bits per heavy atom. The van der Waals surface area contributed by atoms with Crippen LogP contribution in [0, 0.1) is 12.7 Å². The van der Waals surface area contributed by atoms with Gasteiger partial charge in [-0.3, -0.25) is 9.59 Å². The maximum Gasteiger partial charge on any atom is 0.408 e. The number of carbonyl (C=O) groups excluding carboxylic acids is 4. The van der Waals surface area contributed by atoms with Crippen LogP contribution in [-0.4, -0.2) is 57.4 Å². The fraction of sp³-hybridized carbons (Fsp3) is 0.471. The van der Waals surface area contributed by atoms with Crippen molar-refractivity contribution in [2.75, 3.05) is 13.1 Å². The van der Waals surface area contributed by atoms with Crippen molar-refractivity contribution in [1.29, 1.82) is 0 Å². The number of aliphatic hydroxyl groups is 1. The van der Waals surface area contributed by atoms with Gasteiger partial charge in [-0.1, -0.05) is 6.92 Å². The molecule has 2 atom stereocenters. The predicted octanol–water partition coefficient (Wildman–Crippen LogP) is 2.79. The molecule has 5 N–H and O–H groups in total. The number of aromatic nitrogens is 2. The number of hydrogen-bond donors (Lipinski definition) is 4. The Morgan fingerprint density at radius 3 is 2.57 bits per heavy atom. The number of cyclic esters (lactones) is 1. The molecule has 2 aromatic heterocycles. The number of hydrogen-bond acceptors (Lipinski definition) is 10. The first-order chi connectivity index (χ1) is 23.0. The number of carbonyl (C=O) groups is 4. The predicted molar refractivity (Wildman–Crippen MR) is 172 cm³/mol. The summed E-state index contributed by atoms with van der Waals surface area (Å²) in [4.78, 5) is 68.7. The highest BCUT2D eigenvalue weighted by Gasteiger charge is 2.48. The summed E-state index contributed by atoms with van der Waals surface area (Å²) >= 11 is 0. The number of nitrogens with one attached hydrogen (secondary N) is 2. The molecule has 3 aromatic rings. The maximum atomic E-state index is 15.3. The molecule has 15 heteroatoms. The molecule has 3 aliphatic rings. The van der Waals surface area contributed by atoms with Crippen LogP contribution in [0.3, 0.4) is 0 Å². The lowest BCUT2D eigenvalue weighted by atomic mass is 9.73. The molecule has 0 saturated heterocycles. The summed E-state index contributed by atoms with van der Waals surface area (Å²) in [5.41, 5.74) is 4.06. The summed E-state index contributed by atoms with van der Waals surface area (Å²) in [7, 11) is 0. The van der Waals surface area contributed by atoms with Crippen molar-refractivity contribution in [2.24, 2.45) is 5.73 Å². The molecule has 6 rings (SSSR count). The van der Waals surface area contributed by atoms with Crippen molar-refractivity contribution in [2.45, 2.75) is 90.3 Å². The van der Waals surface area contributed by atoms with E-state index in [9.17, 15) is 29.1 Å². The molecule has 1 aromatic carbocycles. The van der Waals surface area contributed by atoms with Gasteiger partial charge in [0.25, 0.3) is 5.56 Å². The third-order valence-electron chi connectivity index (χ3n) is 9.48. The number of nitrogens with zero attached hydrogens (tertiary/aromatic N) is 2. The fourth-order valence-corrected chi connectivity index (χ4v) is 7.18. The Labute approximate surface area is 280 Å². The molecule has 2 aliphatic heterocycles. The highest BCUT2D eigenvalue weighted by molar-refractivity contribution is 5.94. The third-order valence-corrected chi connectivity index (χ3v) is 9.48. The number of nitrogens with two attached hydrogens (primary N) is 1. The molecule has 49 heavy (non-hydrogen) atoms. The summed E-state index contributed by atoms with van der Waals surface area (Å²) in [6.07, 6.45) is -1.39. The fourth-order valence-electron chi connectivity index (χ4n) is 7.18. The molecule has 1 aliphatic carbocycles. The van der Waals surface area contributed by atoms with E-state index < -0.39 is 52.2 Å². The van der Waals surface area contributed by atoms with Gasteiger partial charge in [0.15, 0.2) is 5.60 Å². The minimum Gasteiger partial charge on any atom is -0.458 e. The minimum atomic E-state index is -2.05. The normalized spacial score (nSPS) is 20.5. The van der Waals surface area contributed by atoms with Crippen LogP contribution in [-0.2, 0) is 54.6 Å². The second-order valence-corrected chi connectivity index (χ2v) is 13.6. The lowest BCUT2D eigenvalue weighted by molar-refractivity contribution is -0.172. The zero-order chi connectivity index (χ0) is 35.6. The number of halogens is 1. The summed E-state index contributed by atoms with van der Waals surface area (Å²) in [5, 5.41) is 17.0. The van der Waals surface area contributed by atoms with E-state index in [1.54, 1.807) is 40.7 Å². The Morgan fingerprint density at radius 1 is 1.16 bits per heavy atom. The summed E-state index contributed by atoms with van der Waals surface area (Å²) in [6, 6.07) is 2.82. The first-order valence-electron chi connectivity index (χ1n) is 16.0. The molecule has 260 valence electrons. The average Bonchev–Trinajstić information content (AvgIpc) is 3.38. The van der Waals surface area contributed by atoms with E-state index in [1.807, 2.05) is 0 Å². The van der Waals surface area contributed by atoms with Gasteiger partial charge in [-0.15, -0.1) is 0 Å². The van der Waals surface area contributed by atoms with Crippen molar-refractivity contribution in [1.82, 2.24) is 20.2 Å². The molecule has 14 nitrogen and oxygen atoms in total. The highest BCUT2D eigenvalue weighted by Crippen LogP contribution is 2.50. The number of rotatable bonds is 7. The highest BCUT2D eigenvalue weighted by atomic mass is 19.1. The summed E-state index contributed by atoms with van der Waals surface area (Å²) in [5.74, 6) is -1.88. The Hall–Kier alpha value is -5.05. The quantitative estimate of drug-likeness (QED) is 0.166. The zero-order valence-corrected chi connectivity index (χ0v) is 27.9. The summed E-state index contributed by atoms with van der Waals surface area (Å²) < 4.78 is 33.1. The van der Waals surface area contributed by atoms with E-state index in [1.165, 1.54) is 10.6 Å². The minimum absolute atomic E-state index is 0.0135. The van der Waals surface area contributed by atoms with Gasteiger partial charge in [0.1, 0.15) is 23.6 Å². The standard InChI is InChI=1S/C34H38FN5O9/c1-6-34(46)20-11-23-27-18(14-40(23)28(42)19(20)15-47-29(34)43)26-25-17(16(2)21(35)12-22(25)39-27)7-8-33(26,48-30(36)44)9-10-37-24(41)13-38-31(45)49-32(3,4)5/h11-12,46H,6-10,13-15H2,1-5H3,(H2,36,44)(H,37,41)(H,38,45)/t33-,34-/m0/s1. The van der Waals surface area contributed by atoms with Gasteiger partial charge < -0.3 is 40.3 Å². The van der Waals surface area contributed by atoms with Crippen LogP contribution < -0.4 is 21.9 Å². The molecule has 0 fully saturated rings. The smallest absolute Gasteiger partial charge is 0.408 e. The van der Waals surface area contributed by atoms with Crippen LogP contribution in [0.2, 0.25) is 0 Å². The van der Waals surface area contributed by atoms with Crippen molar-refractivity contribution < 1.29 is 42.9 Å². The first kappa shape index (κ1) is 33.8. The number of ether oxygens (including phenoxy) is 3. The average molecular weight is 680 g/mol. The largest absolute Gasteiger partial charge is 0.458 e. The molecule has 3 amide bonds. The first-order valence-corrected chi connectivity index (χ1v) is 16.0. The third kappa shape index (κ3) is 5.65. The number of esters is 1. The van der Waals surface area contributed by atoms with Crippen LogP contribution in [0.4, 0.5) is 14.0 Å². The molecule has 0 unspecified atom stereocenters. The lowest BCUT2D eigenvalue weighted by Crippen LogP contribution is -2.44. The maximum absolute atomic E-state index is 15.3. The number of pyridine rings is 2. The van der Waals surface area contributed by atoms with Gasteiger partial charge >= 0.3 is 18.2 Å². The van der Waals surface area contributed by atoms with Crippen LogP contribution in [0.25, 0.3) is 22.3 Å². The van der Waals surface area contributed by atoms with Crippen molar-refractivity contribution in [3.63, 3.8) is 0 Å². The van der Waals surface area contributed by atoms with E-state index in [4.69, 9.17) is 24.9 Å².